The molecule has 0 bridgehead atoms. The van der Waals surface area contributed by atoms with Gasteiger partial charge < -0.3 is 0 Å². The standard InChI is InChI=1S/C7H7ClN2O3S/c1-5(11)10-14(12,13)6-2-3-9-7(8)4-6/h2-4H,1H3,(H,10,11). The lowest BCUT2D eigenvalue weighted by Crippen LogP contribution is -2.28. The summed E-state index contributed by atoms with van der Waals surface area (Å²) in [5.74, 6) is -0.655. The van der Waals surface area contributed by atoms with E-state index in [1.54, 1.807) is 0 Å². The molecule has 0 radical (unpaired) electrons. The van der Waals surface area contributed by atoms with E-state index in [0.29, 0.717) is 0 Å². The van der Waals surface area contributed by atoms with E-state index in [9.17, 15) is 13.2 Å². The number of amides is 1. The number of pyridine rings is 1. The van der Waals surface area contributed by atoms with Gasteiger partial charge >= 0.3 is 0 Å². The van der Waals surface area contributed by atoms with Crippen molar-refractivity contribution in [1.29, 1.82) is 0 Å². The minimum atomic E-state index is -3.81. The molecule has 0 aromatic carbocycles. The topological polar surface area (TPSA) is 76.1 Å². The second kappa shape index (κ2) is 3.93. The number of nitrogens with one attached hydrogen (secondary N) is 1. The van der Waals surface area contributed by atoms with E-state index < -0.39 is 15.9 Å². The monoisotopic (exact) mass is 234 g/mol. The van der Waals surface area contributed by atoms with Crippen LogP contribution in [0.4, 0.5) is 0 Å². The molecule has 1 rings (SSSR count). The Morgan fingerprint density at radius 3 is 2.71 bits per heavy atom. The quantitative estimate of drug-likeness (QED) is 0.759. The minimum absolute atomic E-state index is 0.0522. The van der Waals surface area contributed by atoms with Gasteiger partial charge in [0, 0.05) is 13.1 Å². The van der Waals surface area contributed by atoms with Gasteiger partial charge in [-0.2, -0.15) is 0 Å². The summed E-state index contributed by atoms with van der Waals surface area (Å²) in [6, 6.07) is 2.41. The molecule has 0 aliphatic carbocycles. The van der Waals surface area contributed by atoms with Crippen LogP contribution in [-0.4, -0.2) is 19.3 Å². The zero-order valence-electron chi connectivity index (χ0n) is 7.19. The Balaban J connectivity index is 3.11. The fourth-order valence-corrected chi connectivity index (χ4v) is 2.04. The summed E-state index contributed by atoms with van der Waals surface area (Å²) in [6.07, 6.45) is 1.25. The summed E-state index contributed by atoms with van der Waals surface area (Å²) in [7, 11) is -3.81. The molecule has 14 heavy (non-hydrogen) atoms. The summed E-state index contributed by atoms with van der Waals surface area (Å²) in [6.45, 7) is 1.11. The van der Waals surface area contributed by atoms with Gasteiger partial charge in [0.05, 0.1) is 4.90 Å². The number of carbonyl (C=O) groups is 1. The summed E-state index contributed by atoms with van der Waals surface area (Å²) < 4.78 is 24.6. The van der Waals surface area contributed by atoms with E-state index >= 15 is 0 Å². The third-order valence-corrected chi connectivity index (χ3v) is 2.92. The number of halogens is 1. The number of hydrogen-bond donors (Lipinski definition) is 1. The van der Waals surface area contributed by atoms with Gasteiger partial charge in [-0.3, -0.25) is 4.79 Å². The van der Waals surface area contributed by atoms with Crippen molar-refractivity contribution in [2.75, 3.05) is 0 Å². The van der Waals surface area contributed by atoms with Gasteiger partial charge in [-0.15, -0.1) is 0 Å². The largest absolute Gasteiger partial charge is 0.274 e. The van der Waals surface area contributed by atoms with Crippen molar-refractivity contribution >= 4 is 27.5 Å². The van der Waals surface area contributed by atoms with E-state index in [1.807, 2.05) is 4.72 Å². The first-order valence-corrected chi connectivity index (χ1v) is 5.43. The zero-order valence-corrected chi connectivity index (χ0v) is 8.76. The van der Waals surface area contributed by atoms with Crippen LogP contribution in [0.25, 0.3) is 0 Å². The molecule has 7 heteroatoms. The minimum Gasteiger partial charge on any atom is -0.274 e. The summed E-state index contributed by atoms with van der Waals surface area (Å²) in [5.41, 5.74) is 0. The van der Waals surface area contributed by atoms with Crippen LogP contribution in [-0.2, 0) is 14.8 Å². The summed E-state index contributed by atoms with van der Waals surface area (Å²) in [5, 5.41) is 0.0522. The van der Waals surface area contributed by atoms with Crippen molar-refractivity contribution in [2.24, 2.45) is 0 Å². The molecule has 0 unspecified atom stereocenters. The van der Waals surface area contributed by atoms with E-state index in [2.05, 4.69) is 4.98 Å². The van der Waals surface area contributed by atoms with Crippen LogP contribution in [0.1, 0.15) is 6.92 Å². The lowest BCUT2D eigenvalue weighted by molar-refractivity contribution is -0.117. The van der Waals surface area contributed by atoms with Crippen molar-refractivity contribution in [3.8, 4) is 0 Å². The average Bonchev–Trinajstić information content (AvgIpc) is 2.01. The summed E-state index contributed by atoms with van der Waals surface area (Å²) >= 11 is 5.50. The van der Waals surface area contributed by atoms with Gasteiger partial charge in [-0.1, -0.05) is 11.6 Å². The lowest BCUT2D eigenvalue weighted by Gasteiger charge is -2.03. The molecule has 1 N–H and O–H groups in total. The molecule has 0 spiro atoms. The highest BCUT2D eigenvalue weighted by molar-refractivity contribution is 7.90. The fraction of sp³-hybridized carbons (Fsp3) is 0.143. The maximum atomic E-state index is 11.4. The Morgan fingerprint density at radius 1 is 1.57 bits per heavy atom. The van der Waals surface area contributed by atoms with E-state index in [-0.39, 0.29) is 10.0 Å². The molecule has 1 aromatic heterocycles. The van der Waals surface area contributed by atoms with Crippen molar-refractivity contribution < 1.29 is 13.2 Å². The first-order chi connectivity index (χ1) is 6.42. The van der Waals surface area contributed by atoms with E-state index in [4.69, 9.17) is 11.6 Å². The zero-order chi connectivity index (χ0) is 10.8. The van der Waals surface area contributed by atoms with Gasteiger partial charge in [0.2, 0.25) is 5.91 Å². The molecule has 1 aromatic rings. The molecule has 1 amide bonds. The van der Waals surface area contributed by atoms with E-state index in [0.717, 1.165) is 13.0 Å². The van der Waals surface area contributed by atoms with Crippen LogP contribution in [0.2, 0.25) is 5.15 Å². The van der Waals surface area contributed by atoms with Crippen LogP contribution in [0, 0.1) is 0 Å². The average molecular weight is 235 g/mol. The number of carbonyl (C=O) groups excluding carboxylic acids is 1. The maximum Gasteiger partial charge on any atom is 0.264 e. The second-order valence-electron chi connectivity index (χ2n) is 2.48. The third kappa shape index (κ3) is 2.68. The van der Waals surface area contributed by atoms with Gasteiger partial charge in [0.25, 0.3) is 10.0 Å². The van der Waals surface area contributed by atoms with Gasteiger partial charge in [0.1, 0.15) is 5.15 Å². The van der Waals surface area contributed by atoms with Crippen LogP contribution in [0.3, 0.4) is 0 Å². The van der Waals surface area contributed by atoms with Gasteiger partial charge in [-0.25, -0.2) is 18.1 Å². The molecule has 5 nitrogen and oxygen atoms in total. The Labute approximate surface area is 86.2 Å². The van der Waals surface area contributed by atoms with Crippen LogP contribution in [0.15, 0.2) is 23.2 Å². The van der Waals surface area contributed by atoms with Crippen LogP contribution in [0.5, 0.6) is 0 Å². The highest BCUT2D eigenvalue weighted by atomic mass is 35.5. The summed E-state index contributed by atoms with van der Waals surface area (Å²) in [4.78, 5) is 14.1. The molecule has 76 valence electrons. The van der Waals surface area contributed by atoms with Crippen molar-refractivity contribution in [2.45, 2.75) is 11.8 Å². The maximum absolute atomic E-state index is 11.4. The number of rotatable bonds is 2. The fourth-order valence-electron chi connectivity index (χ4n) is 0.800. The smallest absolute Gasteiger partial charge is 0.264 e. The lowest BCUT2D eigenvalue weighted by atomic mass is 10.5. The first kappa shape index (κ1) is 10.9. The van der Waals surface area contributed by atoms with E-state index in [1.165, 1.54) is 12.3 Å². The highest BCUT2D eigenvalue weighted by Gasteiger charge is 2.15. The molecular formula is C7H7ClN2O3S. The van der Waals surface area contributed by atoms with Crippen molar-refractivity contribution in [3.63, 3.8) is 0 Å². The molecule has 0 saturated carbocycles. The molecule has 0 saturated heterocycles. The Bertz CT molecular complexity index is 458. The normalized spacial score (nSPS) is 11.0. The molecule has 1 heterocycles. The molecule has 0 aliphatic heterocycles. The highest BCUT2D eigenvalue weighted by Crippen LogP contribution is 2.12. The molecule has 0 aliphatic rings. The Hall–Kier alpha value is -1.14. The third-order valence-electron chi connectivity index (χ3n) is 1.29. The second-order valence-corrected chi connectivity index (χ2v) is 4.55. The van der Waals surface area contributed by atoms with Crippen molar-refractivity contribution in [3.05, 3.63) is 23.5 Å². The number of sulfonamides is 1. The first-order valence-electron chi connectivity index (χ1n) is 3.57. The number of aromatic nitrogens is 1. The predicted octanol–water partition coefficient (Wildman–Crippen LogP) is 0.560. The number of hydrogen-bond acceptors (Lipinski definition) is 4. The Kier molecular flexibility index (Phi) is 3.07. The van der Waals surface area contributed by atoms with Crippen molar-refractivity contribution in [1.82, 2.24) is 9.71 Å². The molecule has 0 fully saturated rings. The van der Waals surface area contributed by atoms with Gasteiger partial charge in [0.15, 0.2) is 0 Å². The SMILES string of the molecule is CC(=O)NS(=O)(=O)c1ccnc(Cl)c1. The molecular weight excluding hydrogens is 228 g/mol. The van der Waals surface area contributed by atoms with Gasteiger partial charge in [-0.05, 0) is 12.1 Å². The predicted molar refractivity (Wildman–Crippen MR) is 50.2 cm³/mol. The number of nitrogens with zero attached hydrogens (tertiary/aromatic N) is 1. The Morgan fingerprint density at radius 2 is 2.21 bits per heavy atom. The van der Waals surface area contributed by atoms with Crippen LogP contribution >= 0.6 is 11.6 Å². The molecule has 0 atom stereocenters. The van der Waals surface area contributed by atoms with Crippen LogP contribution < -0.4 is 4.72 Å².